The van der Waals surface area contributed by atoms with E-state index in [1.165, 1.54) is 59.6 Å². The zero-order valence-electron chi connectivity index (χ0n) is 24.0. The molecule has 0 amide bonds. The molecule has 14 heteroatoms. The Kier molecular flexibility index (Phi) is 31.0. The zero-order valence-corrected chi connectivity index (χ0v) is 24.0. The minimum absolute atomic E-state index is 0.190. The molecule has 0 saturated carbocycles. The molecule has 0 radical (unpaired) electrons. The van der Waals surface area contributed by atoms with Crippen LogP contribution in [0.5, 0.6) is 0 Å². The predicted octanol–water partition coefficient (Wildman–Crippen LogP) is 2.85. The summed E-state index contributed by atoms with van der Waals surface area (Å²) in [7, 11) is 5.09. The number of carbonyl (C=O) groups excluding carboxylic acids is 5. The third kappa shape index (κ3) is 29.4. The molecule has 230 valence electrons. The lowest BCUT2D eigenvalue weighted by atomic mass is 10.1. The molecule has 1 rings (SSSR count). The first-order valence-corrected chi connectivity index (χ1v) is 11.5. The summed E-state index contributed by atoms with van der Waals surface area (Å²) >= 11 is 0. The molecule has 0 bridgehead atoms. The summed E-state index contributed by atoms with van der Waals surface area (Å²) in [5.41, 5.74) is -0.380. The van der Waals surface area contributed by atoms with E-state index >= 15 is 0 Å². The Morgan fingerprint density at radius 2 is 1.05 bits per heavy atom. The number of hydrogen-bond donors (Lipinski definition) is 2. The van der Waals surface area contributed by atoms with Crippen molar-refractivity contribution in [1.29, 1.82) is 0 Å². The van der Waals surface area contributed by atoms with Gasteiger partial charge in [0.2, 0.25) is 0 Å². The van der Waals surface area contributed by atoms with E-state index in [1.807, 2.05) is 0 Å². The van der Waals surface area contributed by atoms with E-state index in [1.54, 1.807) is 6.92 Å². The molecule has 0 saturated heterocycles. The number of esters is 5. The third-order valence-corrected chi connectivity index (χ3v) is 3.71. The van der Waals surface area contributed by atoms with Gasteiger partial charge >= 0.3 is 41.8 Å². The van der Waals surface area contributed by atoms with Crippen molar-refractivity contribution in [3.8, 4) is 0 Å². The molecular formula is C27H38O14. The van der Waals surface area contributed by atoms with E-state index in [0.29, 0.717) is 13.0 Å². The summed E-state index contributed by atoms with van der Waals surface area (Å²) in [5, 5.41) is 17.1. The highest BCUT2D eigenvalue weighted by atomic mass is 16.5. The Bertz CT molecular complexity index is 915. The second kappa shape index (κ2) is 29.5. The van der Waals surface area contributed by atoms with Crippen LogP contribution in [0.1, 0.15) is 53.8 Å². The molecule has 0 aliphatic heterocycles. The maximum absolute atomic E-state index is 10.5. The van der Waals surface area contributed by atoms with Crippen LogP contribution in [-0.2, 0) is 47.7 Å². The number of aromatic carboxylic acids is 2. The fraction of sp³-hybridized carbons (Fsp3) is 0.370. The SMILES string of the molecule is C=C.CCOC(C)=O.COC(=O)/C=C\C(=O)OC.COC(=O)CCCC(=O)OC.O=C(O)c1ccccc1C(=O)O. The lowest BCUT2D eigenvalue weighted by Crippen LogP contribution is -2.06. The molecule has 14 nitrogen and oxygen atoms in total. The van der Waals surface area contributed by atoms with Crippen LogP contribution in [-0.4, -0.2) is 87.0 Å². The van der Waals surface area contributed by atoms with E-state index in [4.69, 9.17) is 10.2 Å². The lowest BCUT2D eigenvalue weighted by molar-refractivity contribution is -0.143. The van der Waals surface area contributed by atoms with Crippen LogP contribution >= 0.6 is 0 Å². The summed E-state index contributed by atoms with van der Waals surface area (Å²) < 4.78 is 21.6. The topological polar surface area (TPSA) is 206 Å². The Morgan fingerprint density at radius 3 is 1.24 bits per heavy atom. The summed E-state index contributed by atoms with van der Waals surface area (Å²) in [6.45, 7) is 9.65. The monoisotopic (exact) mass is 586 g/mol. The smallest absolute Gasteiger partial charge is 0.336 e. The Balaban J connectivity index is -0.000000223. The number of ether oxygens (including phenoxy) is 5. The number of rotatable bonds is 9. The number of carboxylic acid groups (broad SMARTS) is 2. The van der Waals surface area contributed by atoms with Crippen LogP contribution in [0.25, 0.3) is 0 Å². The van der Waals surface area contributed by atoms with Crippen molar-refractivity contribution in [3.05, 3.63) is 60.7 Å². The van der Waals surface area contributed by atoms with Gasteiger partial charge in [0, 0.05) is 31.9 Å². The average Bonchev–Trinajstić information content (AvgIpc) is 2.97. The number of carbonyl (C=O) groups is 7. The summed E-state index contributed by atoms with van der Waals surface area (Å²) in [6, 6.07) is 5.48. The normalized spacial score (nSPS) is 8.63. The molecule has 0 unspecified atom stereocenters. The van der Waals surface area contributed by atoms with E-state index in [2.05, 4.69) is 36.8 Å². The van der Waals surface area contributed by atoms with Gasteiger partial charge in [-0.3, -0.25) is 14.4 Å². The van der Waals surface area contributed by atoms with Crippen LogP contribution in [0, 0.1) is 0 Å². The summed E-state index contributed by atoms with van der Waals surface area (Å²) in [4.78, 5) is 72.4. The fourth-order valence-corrected chi connectivity index (χ4v) is 1.91. The van der Waals surface area contributed by atoms with E-state index in [9.17, 15) is 33.6 Å². The van der Waals surface area contributed by atoms with Crippen molar-refractivity contribution >= 4 is 41.8 Å². The number of carboxylic acids is 2. The highest BCUT2D eigenvalue weighted by Crippen LogP contribution is 2.07. The van der Waals surface area contributed by atoms with Gasteiger partial charge in [0.05, 0.1) is 46.2 Å². The highest BCUT2D eigenvalue weighted by molar-refractivity contribution is 6.01. The number of benzene rings is 1. The maximum Gasteiger partial charge on any atom is 0.336 e. The van der Waals surface area contributed by atoms with Gasteiger partial charge in [0.1, 0.15) is 0 Å². The molecule has 0 aromatic heterocycles. The van der Waals surface area contributed by atoms with Crippen molar-refractivity contribution < 1.29 is 67.5 Å². The van der Waals surface area contributed by atoms with Crippen molar-refractivity contribution in [2.75, 3.05) is 35.0 Å². The molecule has 41 heavy (non-hydrogen) atoms. The maximum atomic E-state index is 10.5. The molecule has 0 fully saturated rings. The second-order valence-corrected chi connectivity index (χ2v) is 6.47. The molecule has 1 aromatic rings. The first-order chi connectivity index (χ1) is 19.3. The molecule has 0 atom stereocenters. The Labute approximate surface area is 238 Å². The highest BCUT2D eigenvalue weighted by Gasteiger charge is 2.13. The van der Waals surface area contributed by atoms with Crippen LogP contribution < -0.4 is 0 Å². The predicted molar refractivity (Wildman–Crippen MR) is 145 cm³/mol. The van der Waals surface area contributed by atoms with E-state index in [-0.39, 0.29) is 41.9 Å². The summed E-state index contributed by atoms with van der Waals surface area (Å²) in [6.07, 6.45) is 3.01. The molecule has 0 aliphatic carbocycles. The molecule has 0 heterocycles. The molecule has 2 N–H and O–H groups in total. The standard InChI is InChI=1S/C8H6O4.C7H12O4.C6H8O4.C4H8O2.C2H4/c9-7(10)5-3-1-2-4-6(5)8(11)12;1-10-6(8)4-3-5-7(9)11-2;1-9-5(7)3-4-6(8)10-2;1-3-6-4(2)5;1-2/h1-4H,(H,9,10)(H,11,12);3-5H2,1-2H3;3-4H,1-2H3;3H2,1-2H3;1-2H2/b;;4-3-;;. The van der Waals surface area contributed by atoms with Crippen LogP contribution in [0.15, 0.2) is 49.6 Å². The van der Waals surface area contributed by atoms with Gasteiger partial charge in [0.25, 0.3) is 0 Å². The quantitative estimate of drug-likeness (QED) is 0.185. The van der Waals surface area contributed by atoms with Gasteiger partial charge in [-0.05, 0) is 25.5 Å². The number of methoxy groups -OCH3 is 4. The van der Waals surface area contributed by atoms with E-state index in [0.717, 1.165) is 12.2 Å². The first kappa shape index (κ1) is 43.1. The van der Waals surface area contributed by atoms with Crippen molar-refractivity contribution in [2.24, 2.45) is 0 Å². The minimum Gasteiger partial charge on any atom is -0.478 e. The molecule has 0 aliphatic rings. The van der Waals surface area contributed by atoms with Gasteiger partial charge < -0.3 is 33.9 Å². The third-order valence-electron chi connectivity index (χ3n) is 3.71. The first-order valence-electron chi connectivity index (χ1n) is 11.5. The van der Waals surface area contributed by atoms with Gasteiger partial charge in [0.15, 0.2) is 0 Å². The van der Waals surface area contributed by atoms with Gasteiger partial charge in [-0.15, -0.1) is 13.2 Å². The van der Waals surface area contributed by atoms with Crippen LogP contribution in [0.4, 0.5) is 0 Å². The summed E-state index contributed by atoms with van der Waals surface area (Å²) in [5.74, 6) is -4.42. The Morgan fingerprint density at radius 1 is 0.707 bits per heavy atom. The second-order valence-electron chi connectivity index (χ2n) is 6.47. The van der Waals surface area contributed by atoms with Gasteiger partial charge in [-0.1, -0.05) is 12.1 Å². The molecule has 0 spiro atoms. The molecular weight excluding hydrogens is 548 g/mol. The number of hydrogen-bond acceptors (Lipinski definition) is 12. The fourth-order valence-electron chi connectivity index (χ4n) is 1.91. The zero-order chi connectivity index (χ0) is 32.8. The van der Waals surface area contributed by atoms with Crippen LogP contribution in [0.3, 0.4) is 0 Å². The van der Waals surface area contributed by atoms with Gasteiger partial charge in [-0.25, -0.2) is 19.2 Å². The largest absolute Gasteiger partial charge is 0.478 e. The van der Waals surface area contributed by atoms with Crippen molar-refractivity contribution in [2.45, 2.75) is 33.1 Å². The van der Waals surface area contributed by atoms with E-state index < -0.39 is 23.9 Å². The van der Waals surface area contributed by atoms with Crippen molar-refractivity contribution in [1.82, 2.24) is 0 Å². The van der Waals surface area contributed by atoms with Crippen molar-refractivity contribution in [3.63, 3.8) is 0 Å². The minimum atomic E-state index is -1.23. The average molecular weight is 587 g/mol. The lowest BCUT2D eigenvalue weighted by Gasteiger charge is -1.98. The van der Waals surface area contributed by atoms with Crippen LogP contribution in [0.2, 0.25) is 0 Å². The molecule has 1 aromatic carbocycles. The van der Waals surface area contributed by atoms with Gasteiger partial charge in [-0.2, -0.15) is 0 Å². The Hall–Kier alpha value is -5.01.